The summed E-state index contributed by atoms with van der Waals surface area (Å²) in [4.78, 5) is 0. The largest absolute Gasteiger partial charge is 0.385 e. The van der Waals surface area contributed by atoms with Crippen LogP contribution in [0.1, 0.15) is 33.3 Å². The average Bonchev–Trinajstić information content (AvgIpc) is 2.04. The second-order valence-electron chi connectivity index (χ2n) is 4.33. The highest BCUT2D eigenvalue weighted by Crippen LogP contribution is 2.28. The first-order valence-electron chi connectivity index (χ1n) is 4.89. The molecule has 0 spiro atoms. The summed E-state index contributed by atoms with van der Waals surface area (Å²) >= 11 is 0. The van der Waals surface area contributed by atoms with Gasteiger partial charge in [-0.05, 0) is 24.0 Å². The Balaban J connectivity index is 3.05. The van der Waals surface area contributed by atoms with Gasteiger partial charge in [-0.15, -0.1) is 0 Å². The van der Waals surface area contributed by atoms with Crippen LogP contribution in [-0.4, -0.2) is 6.54 Å². The Labute approximate surface area is 81.2 Å². The first kappa shape index (κ1) is 10.1. The van der Waals surface area contributed by atoms with Crippen LogP contribution in [-0.2, 0) is 5.41 Å². The Kier molecular flexibility index (Phi) is 2.97. The molecule has 0 heterocycles. The summed E-state index contributed by atoms with van der Waals surface area (Å²) in [5.41, 5.74) is 2.87. The van der Waals surface area contributed by atoms with Crippen molar-refractivity contribution in [1.29, 1.82) is 0 Å². The molecule has 1 aromatic rings. The predicted octanol–water partition coefficient (Wildman–Crippen LogP) is 3.42. The molecule has 0 saturated carbocycles. The molecule has 0 radical (unpaired) electrons. The maximum atomic E-state index is 3.38. The van der Waals surface area contributed by atoms with E-state index in [1.54, 1.807) is 0 Å². The zero-order valence-electron chi connectivity index (χ0n) is 9.02. The SMILES string of the molecule is CCNc1ccccc1C(C)(C)C. The van der Waals surface area contributed by atoms with Crippen molar-refractivity contribution in [3.63, 3.8) is 0 Å². The van der Waals surface area contributed by atoms with Crippen molar-refractivity contribution in [3.05, 3.63) is 29.8 Å². The van der Waals surface area contributed by atoms with E-state index < -0.39 is 0 Å². The van der Waals surface area contributed by atoms with Crippen LogP contribution in [0.2, 0.25) is 0 Å². The molecule has 0 aromatic heterocycles. The van der Waals surface area contributed by atoms with Crippen molar-refractivity contribution < 1.29 is 0 Å². The van der Waals surface area contributed by atoms with Crippen LogP contribution in [0.5, 0.6) is 0 Å². The molecule has 72 valence electrons. The van der Waals surface area contributed by atoms with Crippen molar-refractivity contribution in [3.8, 4) is 0 Å². The second kappa shape index (κ2) is 3.82. The van der Waals surface area contributed by atoms with Crippen LogP contribution in [0.4, 0.5) is 5.69 Å². The van der Waals surface area contributed by atoms with Gasteiger partial charge in [0.05, 0.1) is 0 Å². The minimum absolute atomic E-state index is 0.221. The van der Waals surface area contributed by atoms with Crippen LogP contribution in [0.3, 0.4) is 0 Å². The lowest BCUT2D eigenvalue weighted by Crippen LogP contribution is -2.14. The van der Waals surface area contributed by atoms with Crippen LogP contribution in [0, 0.1) is 0 Å². The van der Waals surface area contributed by atoms with E-state index in [1.807, 2.05) is 0 Å². The Morgan fingerprint density at radius 3 is 2.31 bits per heavy atom. The van der Waals surface area contributed by atoms with E-state index in [4.69, 9.17) is 0 Å². The fourth-order valence-corrected chi connectivity index (χ4v) is 1.48. The molecule has 1 heteroatoms. The maximum Gasteiger partial charge on any atom is 0.0378 e. The Hall–Kier alpha value is -0.980. The number of benzene rings is 1. The molecule has 1 nitrogen and oxygen atoms in total. The first-order chi connectivity index (χ1) is 6.05. The van der Waals surface area contributed by atoms with Crippen molar-refractivity contribution in [2.75, 3.05) is 11.9 Å². The number of hydrogen-bond donors (Lipinski definition) is 1. The fourth-order valence-electron chi connectivity index (χ4n) is 1.48. The van der Waals surface area contributed by atoms with Gasteiger partial charge in [-0.25, -0.2) is 0 Å². The molecule has 1 rings (SSSR count). The van der Waals surface area contributed by atoms with Crippen LogP contribution in [0.15, 0.2) is 24.3 Å². The van der Waals surface area contributed by atoms with Crippen molar-refractivity contribution in [2.45, 2.75) is 33.1 Å². The van der Waals surface area contributed by atoms with Crippen LogP contribution in [0.25, 0.3) is 0 Å². The highest BCUT2D eigenvalue weighted by atomic mass is 14.9. The standard InChI is InChI=1S/C12H19N/c1-5-13-11-9-7-6-8-10(11)12(2,3)4/h6-9,13H,5H2,1-4H3. The molecule has 1 aromatic carbocycles. The number of hydrogen-bond acceptors (Lipinski definition) is 1. The van der Waals surface area contributed by atoms with Gasteiger partial charge in [0.2, 0.25) is 0 Å². The van der Waals surface area contributed by atoms with E-state index in [0.717, 1.165) is 6.54 Å². The molecule has 1 N–H and O–H groups in total. The Bertz CT molecular complexity index is 271. The van der Waals surface area contributed by atoms with Gasteiger partial charge >= 0.3 is 0 Å². The molecule has 0 amide bonds. The van der Waals surface area contributed by atoms with E-state index in [9.17, 15) is 0 Å². The fraction of sp³-hybridized carbons (Fsp3) is 0.500. The number of para-hydroxylation sites is 1. The van der Waals surface area contributed by atoms with Gasteiger partial charge in [0.25, 0.3) is 0 Å². The molecule has 0 aliphatic rings. The van der Waals surface area contributed by atoms with Gasteiger partial charge in [-0.2, -0.15) is 0 Å². The molecule has 0 fully saturated rings. The van der Waals surface area contributed by atoms with E-state index in [2.05, 4.69) is 57.3 Å². The van der Waals surface area contributed by atoms with Gasteiger partial charge in [-0.1, -0.05) is 39.0 Å². The molecule has 0 aliphatic carbocycles. The summed E-state index contributed by atoms with van der Waals surface area (Å²) in [7, 11) is 0. The topological polar surface area (TPSA) is 12.0 Å². The van der Waals surface area contributed by atoms with E-state index in [1.165, 1.54) is 11.3 Å². The Morgan fingerprint density at radius 2 is 1.77 bits per heavy atom. The molecular weight excluding hydrogens is 158 g/mol. The minimum atomic E-state index is 0.221. The lowest BCUT2D eigenvalue weighted by molar-refractivity contribution is 0.592. The van der Waals surface area contributed by atoms with Crippen molar-refractivity contribution >= 4 is 5.69 Å². The zero-order valence-corrected chi connectivity index (χ0v) is 9.02. The third-order valence-electron chi connectivity index (χ3n) is 2.10. The number of rotatable bonds is 2. The maximum absolute atomic E-state index is 3.38. The Morgan fingerprint density at radius 1 is 1.15 bits per heavy atom. The summed E-state index contributed by atoms with van der Waals surface area (Å²) in [6.07, 6.45) is 0. The average molecular weight is 177 g/mol. The lowest BCUT2D eigenvalue weighted by atomic mass is 9.86. The molecular formula is C12H19N. The summed E-state index contributed by atoms with van der Waals surface area (Å²) in [5.74, 6) is 0. The third kappa shape index (κ3) is 2.48. The van der Waals surface area contributed by atoms with E-state index in [-0.39, 0.29) is 5.41 Å². The third-order valence-corrected chi connectivity index (χ3v) is 2.10. The monoisotopic (exact) mass is 177 g/mol. The van der Waals surface area contributed by atoms with Gasteiger partial charge in [0.1, 0.15) is 0 Å². The first-order valence-corrected chi connectivity index (χ1v) is 4.89. The van der Waals surface area contributed by atoms with Gasteiger partial charge < -0.3 is 5.32 Å². The normalized spacial score (nSPS) is 11.4. The molecule has 0 atom stereocenters. The van der Waals surface area contributed by atoms with Crippen molar-refractivity contribution in [1.82, 2.24) is 0 Å². The smallest absolute Gasteiger partial charge is 0.0378 e. The summed E-state index contributed by atoms with van der Waals surface area (Å²) in [6, 6.07) is 8.51. The highest BCUT2D eigenvalue weighted by Gasteiger charge is 2.16. The second-order valence-corrected chi connectivity index (χ2v) is 4.33. The number of anilines is 1. The van der Waals surface area contributed by atoms with Crippen LogP contribution >= 0.6 is 0 Å². The molecule has 0 aliphatic heterocycles. The molecule has 0 saturated heterocycles. The zero-order chi connectivity index (χ0) is 9.90. The summed E-state index contributed by atoms with van der Waals surface area (Å²) < 4.78 is 0. The lowest BCUT2D eigenvalue weighted by Gasteiger charge is -2.23. The highest BCUT2D eigenvalue weighted by molar-refractivity contribution is 5.53. The van der Waals surface area contributed by atoms with Gasteiger partial charge in [0, 0.05) is 12.2 Å². The van der Waals surface area contributed by atoms with E-state index >= 15 is 0 Å². The molecule has 0 unspecified atom stereocenters. The quantitative estimate of drug-likeness (QED) is 0.730. The minimum Gasteiger partial charge on any atom is -0.385 e. The van der Waals surface area contributed by atoms with Gasteiger partial charge in [0.15, 0.2) is 0 Å². The predicted molar refractivity (Wildman–Crippen MR) is 59.3 cm³/mol. The molecule has 13 heavy (non-hydrogen) atoms. The summed E-state index contributed by atoms with van der Waals surface area (Å²) in [5, 5.41) is 3.38. The van der Waals surface area contributed by atoms with Gasteiger partial charge in [-0.3, -0.25) is 0 Å². The van der Waals surface area contributed by atoms with Crippen LogP contribution < -0.4 is 5.32 Å². The summed E-state index contributed by atoms with van der Waals surface area (Å²) in [6.45, 7) is 9.82. The van der Waals surface area contributed by atoms with E-state index in [0.29, 0.717) is 0 Å². The molecule has 0 bridgehead atoms. The van der Waals surface area contributed by atoms with Crippen molar-refractivity contribution in [2.24, 2.45) is 0 Å². The number of nitrogens with one attached hydrogen (secondary N) is 1.